The average molecular weight is 650 g/mol. The number of pyridine rings is 1. The number of carbonyl (C=O) groups is 2. The third-order valence-corrected chi connectivity index (χ3v) is 9.28. The molecule has 4 rings (SSSR count). The van der Waals surface area contributed by atoms with Gasteiger partial charge in [0.25, 0.3) is 5.91 Å². The van der Waals surface area contributed by atoms with Crippen LogP contribution in [0.15, 0.2) is 48.7 Å². The van der Waals surface area contributed by atoms with Crippen LogP contribution < -0.4 is 20.7 Å². The first-order valence-electron chi connectivity index (χ1n) is 14.3. The summed E-state index contributed by atoms with van der Waals surface area (Å²) in [6.07, 6.45) is 2.20. The van der Waals surface area contributed by atoms with E-state index in [0.29, 0.717) is 30.1 Å². The van der Waals surface area contributed by atoms with Crippen LogP contribution in [0.2, 0.25) is 0 Å². The van der Waals surface area contributed by atoms with Crippen molar-refractivity contribution in [2.24, 2.45) is 5.73 Å². The Morgan fingerprint density at radius 3 is 2.31 bits per heavy atom. The van der Waals surface area contributed by atoms with Crippen LogP contribution in [-0.2, 0) is 6.18 Å². The third-order valence-electron chi connectivity index (χ3n) is 7.88. The second kappa shape index (κ2) is 13.3. The minimum Gasteiger partial charge on any atom is -0.477 e. The number of alkyl halides is 3. The summed E-state index contributed by atoms with van der Waals surface area (Å²) in [5, 5.41) is 2.65. The molecule has 45 heavy (non-hydrogen) atoms. The Morgan fingerprint density at radius 2 is 1.73 bits per heavy atom. The summed E-state index contributed by atoms with van der Waals surface area (Å²) in [6, 6.07) is 9.69. The minimum atomic E-state index is -4.86. The molecule has 1 saturated heterocycles. The van der Waals surface area contributed by atoms with Gasteiger partial charge in [0.15, 0.2) is 0 Å². The number of aromatic nitrogens is 1. The Bertz CT molecular complexity index is 1570. The zero-order chi connectivity index (χ0) is 33.3. The highest BCUT2D eigenvalue weighted by molar-refractivity contribution is 8.32. The minimum absolute atomic E-state index is 0.0129. The van der Waals surface area contributed by atoms with Crippen molar-refractivity contribution in [1.82, 2.24) is 9.88 Å². The molecule has 0 bridgehead atoms. The summed E-state index contributed by atoms with van der Waals surface area (Å²) in [5.74, 6) is -2.08. The molecule has 0 spiro atoms. The molecule has 2 amide bonds. The van der Waals surface area contributed by atoms with E-state index in [9.17, 15) is 22.8 Å². The molecule has 2 heterocycles. The van der Waals surface area contributed by atoms with Crippen LogP contribution in [0.5, 0.6) is 5.88 Å². The van der Waals surface area contributed by atoms with Crippen molar-refractivity contribution in [3.63, 3.8) is 0 Å². The molecule has 1 aliphatic heterocycles. The van der Waals surface area contributed by atoms with Gasteiger partial charge in [0, 0.05) is 54.3 Å². The lowest BCUT2D eigenvalue weighted by Gasteiger charge is -2.44. The van der Waals surface area contributed by atoms with Crippen LogP contribution in [0.3, 0.4) is 0 Å². The van der Waals surface area contributed by atoms with Crippen LogP contribution in [0.4, 0.5) is 28.9 Å². The van der Waals surface area contributed by atoms with Gasteiger partial charge >= 0.3 is 6.18 Å². The van der Waals surface area contributed by atoms with Crippen molar-refractivity contribution in [3.05, 3.63) is 71.2 Å². The zero-order valence-electron chi connectivity index (χ0n) is 26.2. The number of rotatable bonds is 9. The fraction of sp³-hybridized carbons (Fsp3) is 0.406. The Morgan fingerprint density at radius 1 is 1.07 bits per heavy atom. The van der Waals surface area contributed by atoms with Crippen molar-refractivity contribution in [2.75, 3.05) is 61.5 Å². The van der Waals surface area contributed by atoms with Crippen LogP contribution in [0.25, 0.3) is 11.1 Å². The monoisotopic (exact) mass is 649 g/mol. The molecule has 8 nitrogen and oxygen atoms in total. The van der Waals surface area contributed by atoms with E-state index in [1.165, 1.54) is 18.2 Å². The molecule has 1 fully saturated rings. The van der Waals surface area contributed by atoms with Crippen LogP contribution in [0, 0.1) is 5.82 Å². The van der Waals surface area contributed by atoms with E-state index in [0.717, 1.165) is 18.3 Å². The summed E-state index contributed by atoms with van der Waals surface area (Å²) >= 11 is 0. The number of primary amides is 1. The molecule has 3 N–H and O–H groups in total. The summed E-state index contributed by atoms with van der Waals surface area (Å²) in [4.78, 5) is 33.3. The van der Waals surface area contributed by atoms with Gasteiger partial charge in [0.05, 0.1) is 29.1 Å². The van der Waals surface area contributed by atoms with Crippen molar-refractivity contribution < 1.29 is 31.9 Å². The molecule has 0 unspecified atom stereocenters. The molecule has 2 aromatic carbocycles. The number of carbonyl (C=O) groups excluding carboxylic acids is 2. The number of likely N-dealkylation sites (N-methyl/N-ethyl adjacent to an activating group) is 1. The quantitative estimate of drug-likeness (QED) is 0.282. The second-order valence-corrected chi connectivity index (χ2v) is 16.8. The van der Waals surface area contributed by atoms with Gasteiger partial charge in [-0.1, -0.05) is 12.1 Å². The lowest BCUT2D eigenvalue weighted by Crippen LogP contribution is -2.55. The van der Waals surface area contributed by atoms with Gasteiger partial charge in [-0.05, 0) is 69.5 Å². The number of hydrogen-bond donors (Lipinski definition) is 2. The smallest absolute Gasteiger partial charge is 0.417 e. The molecule has 3 aromatic rings. The highest BCUT2D eigenvalue weighted by Gasteiger charge is 2.37. The van der Waals surface area contributed by atoms with E-state index in [4.69, 9.17) is 10.5 Å². The molecule has 2 atom stereocenters. The van der Waals surface area contributed by atoms with E-state index in [-0.39, 0.29) is 41.4 Å². The highest BCUT2D eigenvalue weighted by Crippen LogP contribution is 2.38. The molecule has 0 aliphatic carbocycles. The number of nitrogens with zero attached hydrogens (tertiary/aromatic N) is 3. The first-order valence-corrected chi connectivity index (χ1v) is 17.4. The van der Waals surface area contributed by atoms with Crippen molar-refractivity contribution in [2.45, 2.75) is 32.1 Å². The molecule has 0 radical (unpaired) electrons. The number of piperazine rings is 1. The maximum absolute atomic E-state index is 15.1. The number of ether oxygens (including phenoxy) is 1. The molecule has 1 aromatic heterocycles. The topological polar surface area (TPSA) is 101 Å². The largest absolute Gasteiger partial charge is 0.477 e. The van der Waals surface area contributed by atoms with Crippen molar-refractivity contribution in [1.29, 1.82) is 0 Å². The number of nitrogens with one attached hydrogen (secondary N) is 1. The molecular weight excluding hydrogens is 610 g/mol. The van der Waals surface area contributed by atoms with Gasteiger partial charge < -0.3 is 20.7 Å². The van der Waals surface area contributed by atoms with Gasteiger partial charge in [0.2, 0.25) is 11.8 Å². The Kier molecular flexibility index (Phi) is 10.0. The summed E-state index contributed by atoms with van der Waals surface area (Å²) in [7, 11) is 1.08. The van der Waals surface area contributed by atoms with Crippen molar-refractivity contribution in [3.8, 4) is 17.0 Å². The second-order valence-electron chi connectivity index (χ2n) is 12.2. The number of hydrogen-bond acceptors (Lipinski definition) is 6. The molecule has 244 valence electrons. The lowest BCUT2D eigenvalue weighted by atomic mass is 10.00. The maximum atomic E-state index is 15.1. The first kappa shape index (κ1) is 34.0. The van der Waals surface area contributed by atoms with Gasteiger partial charge in [0.1, 0.15) is 5.82 Å². The predicted octanol–water partition coefficient (Wildman–Crippen LogP) is 5.86. The number of anilines is 2. The Hall–Kier alpha value is -3.84. The fourth-order valence-corrected chi connectivity index (χ4v) is 5.68. The summed E-state index contributed by atoms with van der Waals surface area (Å²) < 4.78 is 63.2. The highest BCUT2D eigenvalue weighted by atomic mass is 32.3. The number of halogens is 4. The lowest BCUT2D eigenvalue weighted by molar-refractivity contribution is -0.138. The molecular formula is C32H39F4N5O3S. The molecule has 13 heteroatoms. The van der Waals surface area contributed by atoms with Crippen LogP contribution in [-0.4, -0.2) is 85.0 Å². The summed E-state index contributed by atoms with van der Waals surface area (Å²) in [6.45, 7) is 5.48. The Labute approximate surface area is 262 Å². The zero-order valence-corrected chi connectivity index (χ0v) is 27.0. The van der Waals surface area contributed by atoms with Gasteiger partial charge in [-0.2, -0.15) is 13.2 Å². The number of benzene rings is 2. The van der Waals surface area contributed by atoms with E-state index in [2.05, 4.69) is 47.8 Å². The summed E-state index contributed by atoms with van der Waals surface area (Å²) in [5.41, 5.74) is 4.64. The predicted molar refractivity (Wildman–Crippen MR) is 172 cm³/mol. The molecule has 0 saturated carbocycles. The average Bonchev–Trinajstić information content (AvgIpc) is 2.94. The van der Waals surface area contributed by atoms with Gasteiger partial charge in [-0.3, -0.25) is 14.5 Å². The fourth-order valence-electron chi connectivity index (χ4n) is 5.10. The standard InChI is InChI=1S/C32H39F4N5O3S/c1-19-17-41(18-20(2)40(19)3)28-10-8-21(23-9-7-22(30(37)42)13-26(23)33)14-27(28)39-31(43)24-16-38-29(15-25(24)32(34,35)36)44-11-12-45(4,5)6/h7-10,13-16,19-20H,11-12,17-18H2,1-6H3,(H2,37,42)(H,39,43)/t19-,20+. The first-order chi connectivity index (χ1) is 20.9. The van der Waals surface area contributed by atoms with Crippen LogP contribution >= 0.6 is 10.0 Å². The van der Waals surface area contributed by atoms with Crippen LogP contribution in [0.1, 0.15) is 40.1 Å². The van der Waals surface area contributed by atoms with Gasteiger partial charge in [-0.25, -0.2) is 19.4 Å². The van der Waals surface area contributed by atoms with E-state index in [1.54, 1.807) is 12.1 Å². The third kappa shape index (κ3) is 8.26. The number of nitrogens with two attached hydrogens (primary N) is 1. The van der Waals surface area contributed by atoms with Crippen molar-refractivity contribution >= 4 is 33.2 Å². The molecule has 1 aliphatic rings. The van der Waals surface area contributed by atoms with E-state index in [1.807, 2.05) is 11.9 Å². The van der Waals surface area contributed by atoms with Gasteiger partial charge in [-0.15, -0.1) is 0 Å². The SMILES string of the molecule is C[C@@H]1CN(c2ccc(-c3ccc(C(N)=O)cc3F)cc2NC(=O)c2cnc(OCCS(C)(C)C)cc2C(F)(F)F)C[C@H](C)N1C. The normalized spacial score (nSPS) is 18.0. The van der Waals surface area contributed by atoms with E-state index >= 15 is 4.39 Å². The van der Waals surface area contributed by atoms with E-state index < -0.39 is 45.0 Å². The maximum Gasteiger partial charge on any atom is 0.417 e. The Balaban J connectivity index is 1.73. The number of amides is 2.